The number of fused-ring (bicyclic) bond motifs is 14. The van der Waals surface area contributed by atoms with Gasteiger partial charge >= 0.3 is 0 Å². The first-order chi connectivity index (χ1) is 27.7. The van der Waals surface area contributed by atoms with E-state index in [2.05, 4.69) is 117 Å². The summed E-state index contributed by atoms with van der Waals surface area (Å²) >= 11 is 0. The fourth-order valence-corrected chi connectivity index (χ4v) is 9.09. The van der Waals surface area contributed by atoms with Crippen LogP contribution in [0.25, 0.3) is 115 Å². The smallest absolute Gasteiger partial charge is 0.188 e. The second-order valence-corrected chi connectivity index (χ2v) is 14.2. The number of furan rings is 2. The summed E-state index contributed by atoms with van der Waals surface area (Å²) in [6.07, 6.45) is 0. The van der Waals surface area contributed by atoms with E-state index in [1.54, 1.807) is 0 Å². The number of nitriles is 1. The molecule has 0 bridgehead atoms. The lowest BCUT2D eigenvalue weighted by Crippen LogP contribution is -2.02. The van der Waals surface area contributed by atoms with Gasteiger partial charge in [0.1, 0.15) is 22.3 Å². The first kappa shape index (κ1) is 30.4. The highest BCUT2D eigenvalue weighted by atomic mass is 16.3. The summed E-state index contributed by atoms with van der Waals surface area (Å²) in [6.45, 7) is 8.12. The van der Waals surface area contributed by atoms with Crippen LogP contribution >= 0.6 is 0 Å². The van der Waals surface area contributed by atoms with E-state index in [9.17, 15) is 5.26 Å². The molecule has 0 radical (unpaired) electrons. The SMILES string of the molecule is [C-]#[N+]c1ccc(-n2c3ccccc3c3c4c(ccc32)oc2ccccc24)c(-c2cc(C#N)ccc2-n2c3ccccc3c3c4c(ccc32)oc2ccccc24)c1. The maximum Gasteiger partial charge on any atom is 0.188 e. The van der Waals surface area contributed by atoms with Crippen LogP contribution in [0.1, 0.15) is 5.56 Å². The van der Waals surface area contributed by atoms with Crippen LogP contribution in [0, 0.1) is 17.9 Å². The molecule has 6 heteroatoms. The monoisotopic (exact) mass is 714 g/mol. The second-order valence-electron chi connectivity index (χ2n) is 14.2. The van der Waals surface area contributed by atoms with E-state index < -0.39 is 0 Å². The molecular formula is C50H26N4O2. The van der Waals surface area contributed by atoms with E-state index >= 15 is 0 Å². The van der Waals surface area contributed by atoms with Gasteiger partial charge in [0, 0.05) is 48.7 Å². The number of hydrogen-bond donors (Lipinski definition) is 0. The lowest BCUT2D eigenvalue weighted by Gasteiger charge is -2.19. The van der Waals surface area contributed by atoms with Crippen molar-refractivity contribution >= 4 is 93.2 Å². The standard InChI is InChI=1S/C50H26N4O2/c1-52-30-19-21-40(54-38-15-7-3-11-32(38)48-42(54)23-25-46-50(48)34-13-5-9-17-44(34)56-46)36(27-30)35-26-29(28-51)18-20-39(35)53-37-14-6-2-10-31(37)47-41(53)22-24-45-49(47)33-12-4-8-16-43(33)55-45/h2-27H. The summed E-state index contributed by atoms with van der Waals surface area (Å²) < 4.78 is 17.3. The van der Waals surface area contributed by atoms with E-state index in [4.69, 9.17) is 15.4 Å². The Hall–Kier alpha value is -8.06. The van der Waals surface area contributed by atoms with Crippen molar-refractivity contribution in [3.05, 3.63) is 175 Å². The first-order valence-corrected chi connectivity index (χ1v) is 18.4. The van der Waals surface area contributed by atoms with Gasteiger partial charge in [0.15, 0.2) is 5.69 Å². The lowest BCUT2D eigenvalue weighted by molar-refractivity contribution is 0.669. The van der Waals surface area contributed by atoms with Gasteiger partial charge in [-0.25, -0.2) is 4.85 Å². The van der Waals surface area contributed by atoms with E-state index in [0.29, 0.717) is 11.3 Å². The van der Waals surface area contributed by atoms with Crippen molar-refractivity contribution in [1.82, 2.24) is 9.13 Å². The van der Waals surface area contributed by atoms with Crippen LogP contribution in [0.15, 0.2) is 167 Å². The van der Waals surface area contributed by atoms with Gasteiger partial charge in [-0.1, -0.05) is 78.9 Å². The summed E-state index contributed by atoms with van der Waals surface area (Å²) in [5.41, 5.74) is 12.0. The quantitative estimate of drug-likeness (QED) is 0.171. The van der Waals surface area contributed by atoms with E-state index in [0.717, 1.165) is 110 Å². The first-order valence-electron chi connectivity index (χ1n) is 18.4. The second kappa shape index (κ2) is 11.2. The fourth-order valence-electron chi connectivity index (χ4n) is 9.09. The molecule has 0 N–H and O–H groups in total. The van der Waals surface area contributed by atoms with Crippen molar-refractivity contribution in [2.45, 2.75) is 0 Å². The largest absolute Gasteiger partial charge is 0.456 e. The van der Waals surface area contributed by atoms with Crippen molar-refractivity contribution in [3.8, 4) is 28.6 Å². The highest BCUT2D eigenvalue weighted by molar-refractivity contribution is 6.29. The maximum absolute atomic E-state index is 10.3. The van der Waals surface area contributed by atoms with Crippen LogP contribution in [0.3, 0.4) is 0 Å². The predicted octanol–water partition coefficient (Wildman–Crippen LogP) is 13.8. The van der Waals surface area contributed by atoms with Gasteiger partial charge in [-0.2, -0.15) is 5.26 Å². The van der Waals surface area contributed by atoms with Crippen LogP contribution in [0.5, 0.6) is 0 Å². The summed E-state index contributed by atoms with van der Waals surface area (Å²) in [4.78, 5) is 3.91. The molecule has 4 aromatic heterocycles. The summed E-state index contributed by atoms with van der Waals surface area (Å²) in [5, 5.41) is 19.0. The zero-order chi connectivity index (χ0) is 37.1. The Labute approximate surface area is 318 Å². The van der Waals surface area contributed by atoms with Gasteiger partial charge in [0.05, 0.1) is 51.6 Å². The predicted molar refractivity (Wildman–Crippen MR) is 226 cm³/mol. The zero-order valence-electron chi connectivity index (χ0n) is 29.6. The molecule has 0 aliphatic rings. The van der Waals surface area contributed by atoms with Gasteiger partial charge in [-0.15, -0.1) is 0 Å². The molecule has 4 heterocycles. The van der Waals surface area contributed by atoms with Crippen molar-refractivity contribution < 1.29 is 8.83 Å². The number of hydrogen-bond acceptors (Lipinski definition) is 3. The molecule has 56 heavy (non-hydrogen) atoms. The van der Waals surface area contributed by atoms with Crippen LogP contribution in [0.4, 0.5) is 5.69 Å². The highest BCUT2D eigenvalue weighted by Gasteiger charge is 2.24. The average Bonchev–Trinajstić information content (AvgIpc) is 4.00. The van der Waals surface area contributed by atoms with Gasteiger partial charge in [0.25, 0.3) is 0 Å². The topological polar surface area (TPSA) is 64.3 Å². The normalized spacial score (nSPS) is 11.9. The van der Waals surface area contributed by atoms with E-state index in [1.807, 2.05) is 60.7 Å². The van der Waals surface area contributed by atoms with Crippen LogP contribution in [-0.2, 0) is 0 Å². The number of nitrogens with zero attached hydrogens (tertiary/aromatic N) is 4. The molecule has 0 amide bonds. The minimum atomic E-state index is 0.509. The number of aromatic nitrogens is 2. The van der Waals surface area contributed by atoms with Gasteiger partial charge in [0.2, 0.25) is 0 Å². The van der Waals surface area contributed by atoms with E-state index in [1.165, 1.54) is 0 Å². The molecule has 6 nitrogen and oxygen atoms in total. The summed E-state index contributed by atoms with van der Waals surface area (Å²) in [5.74, 6) is 0. The van der Waals surface area contributed by atoms with Crippen molar-refractivity contribution in [2.75, 3.05) is 0 Å². The third kappa shape index (κ3) is 4.02. The number of benzene rings is 8. The molecule has 0 saturated carbocycles. The van der Waals surface area contributed by atoms with Crippen molar-refractivity contribution in [1.29, 1.82) is 5.26 Å². The number of rotatable bonds is 3. The molecule has 0 aliphatic carbocycles. The molecule has 0 atom stereocenters. The molecule has 8 aromatic carbocycles. The van der Waals surface area contributed by atoms with Gasteiger partial charge in [-0.3, -0.25) is 0 Å². The van der Waals surface area contributed by atoms with Gasteiger partial charge < -0.3 is 18.0 Å². The van der Waals surface area contributed by atoms with Gasteiger partial charge in [-0.05, 0) is 84.4 Å². The maximum atomic E-state index is 10.3. The van der Waals surface area contributed by atoms with E-state index in [-0.39, 0.29) is 0 Å². The minimum Gasteiger partial charge on any atom is -0.456 e. The molecule has 258 valence electrons. The molecule has 0 unspecified atom stereocenters. The Kier molecular flexibility index (Phi) is 6.10. The zero-order valence-corrected chi connectivity index (χ0v) is 29.6. The molecule has 0 aliphatic heterocycles. The molecular weight excluding hydrogens is 689 g/mol. The van der Waals surface area contributed by atoms with Crippen molar-refractivity contribution in [2.24, 2.45) is 0 Å². The highest BCUT2D eigenvalue weighted by Crippen LogP contribution is 2.46. The average molecular weight is 715 g/mol. The summed E-state index contributed by atoms with van der Waals surface area (Å²) in [7, 11) is 0. The van der Waals surface area contributed by atoms with Crippen LogP contribution in [0.2, 0.25) is 0 Å². The Morgan fingerprint density at radius 3 is 1.46 bits per heavy atom. The minimum absolute atomic E-state index is 0.509. The third-order valence-electron chi connectivity index (χ3n) is 11.4. The Balaban J connectivity index is 1.22. The van der Waals surface area contributed by atoms with Crippen LogP contribution in [-0.4, -0.2) is 9.13 Å². The molecule has 0 fully saturated rings. The Morgan fingerprint density at radius 1 is 0.446 bits per heavy atom. The fraction of sp³-hybridized carbons (Fsp3) is 0. The Morgan fingerprint density at radius 2 is 0.929 bits per heavy atom. The molecule has 0 saturated heterocycles. The molecule has 12 aromatic rings. The lowest BCUT2D eigenvalue weighted by atomic mass is 9.98. The Bertz CT molecular complexity index is 3500. The van der Waals surface area contributed by atoms with Crippen LogP contribution < -0.4 is 0 Å². The number of para-hydroxylation sites is 4. The third-order valence-corrected chi connectivity index (χ3v) is 11.4. The summed E-state index contributed by atoms with van der Waals surface area (Å²) in [6, 6.07) is 55.8. The molecule has 0 spiro atoms. The molecule has 12 rings (SSSR count). The van der Waals surface area contributed by atoms with Crippen molar-refractivity contribution in [3.63, 3.8) is 0 Å².